The molecule has 1 rings (SSSR count). The first-order valence-electron chi connectivity index (χ1n) is 8.16. The Morgan fingerprint density at radius 1 is 1.00 bits per heavy atom. The SMILES string of the molecule is CC.CC(C)(Sc1ccccc1)C(C)(C)C(=O)O.CCCC. The molecule has 0 saturated heterocycles. The number of thioether (sulfide) groups is 1. The van der Waals surface area contributed by atoms with E-state index in [9.17, 15) is 9.90 Å². The first kappa shape index (κ1) is 23.3. The lowest BCUT2D eigenvalue weighted by molar-refractivity contribution is -0.148. The Balaban J connectivity index is 0. The van der Waals surface area contributed by atoms with E-state index in [2.05, 4.69) is 13.8 Å². The van der Waals surface area contributed by atoms with Crippen molar-refractivity contribution in [3.8, 4) is 0 Å². The molecule has 1 aromatic carbocycles. The Morgan fingerprint density at radius 3 is 1.73 bits per heavy atom. The number of aliphatic carboxylic acids is 1. The predicted octanol–water partition coefficient (Wildman–Crippen LogP) is 6.50. The van der Waals surface area contributed by atoms with E-state index >= 15 is 0 Å². The Bertz CT molecular complexity index is 395. The second kappa shape index (κ2) is 11.6. The van der Waals surface area contributed by atoms with Gasteiger partial charge < -0.3 is 5.11 Å². The highest BCUT2D eigenvalue weighted by atomic mass is 32.2. The lowest BCUT2D eigenvalue weighted by Gasteiger charge is -2.37. The highest BCUT2D eigenvalue weighted by Crippen LogP contribution is 2.45. The monoisotopic (exact) mass is 326 g/mol. The molecule has 128 valence electrons. The van der Waals surface area contributed by atoms with Gasteiger partial charge in [-0.2, -0.15) is 0 Å². The van der Waals surface area contributed by atoms with E-state index in [0.29, 0.717) is 0 Å². The highest BCUT2D eigenvalue weighted by Gasteiger charge is 2.44. The molecule has 0 amide bonds. The van der Waals surface area contributed by atoms with E-state index in [-0.39, 0.29) is 4.75 Å². The molecular weight excluding hydrogens is 292 g/mol. The summed E-state index contributed by atoms with van der Waals surface area (Å²) in [5.41, 5.74) is -0.770. The number of benzene rings is 1. The fourth-order valence-electron chi connectivity index (χ4n) is 1.17. The van der Waals surface area contributed by atoms with E-state index in [4.69, 9.17) is 0 Å². The second-order valence-electron chi connectivity index (χ2n) is 5.86. The minimum atomic E-state index is -0.770. The molecule has 0 unspecified atom stereocenters. The van der Waals surface area contributed by atoms with Gasteiger partial charge in [0.05, 0.1) is 5.41 Å². The van der Waals surface area contributed by atoms with Crippen LogP contribution in [0.15, 0.2) is 35.2 Å². The molecule has 0 aliphatic carbocycles. The summed E-state index contributed by atoms with van der Waals surface area (Å²) in [6, 6.07) is 9.90. The lowest BCUT2D eigenvalue weighted by Crippen LogP contribution is -2.42. The van der Waals surface area contributed by atoms with Crippen LogP contribution in [0.1, 0.15) is 68.2 Å². The van der Waals surface area contributed by atoms with Crippen LogP contribution in [-0.4, -0.2) is 15.8 Å². The molecule has 0 saturated carbocycles. The Kier molecular flexibility index (Phi) is 12.3. The molecule has 0 aromatic heterocycles. The largest absolute Gasteiger partial charge is 0.481 e. The number of hydrogen-bond acceptors (Lipinski definition) is 2. The summed E-state index contributed by atoms with van der Waals surface area (Å²) in [5.74, 6) is -0.763. The number of rotatable bonds is 5. The first-order valence-corrected chi connectivity index (χ1v) is 8.98. The number of carboxylic acid groups (broad SMARTS) is 1. The molecule has 0 aliphatic heterocycles. The molecule has 0 radical (unpaired) electrons. The fourth-order valence-corrected chi connectivity index (χ4v) is 2.39. The van der Waals surface area contributed by atoms with E-state index in [0.717, 1.165) is 4.90 Å². The van der Waals surface area contributed by atoms with Crippen LogP contribution < -0.4 is 0 Å². The molecular formula is C19H34O2S. The maximum Gasteiger partial charge on any atom is 0.310 e. The van der Waals surface area contributed by atoms with Crippen molar-refractivity contribution in [2.24, 2.45) is 5.41 Å². The van der Waals surface area contributed by atoms with Crippen LogP contribution in [0.2, 0.25) is 0 Å². The summed E-state index contributed by atoms with van der Waals surface area (Å²) < 4.78 is -0.361. The minimum absolute atomic E-state index is 0.361. The third-order valence-corrected chi connectivity index (χ3v) is 5.18. The number of hydrogen-bond donors (Lipinski definition) is 1. The van der Waals surface area contributed by atoms with Crippen LogP contribution in [0.25, 0.3) is 0 Å². The zero-order chi connectivity index (χ0) is 17.8. The van der Waals surface area contributed by atoms with E-state index < -0.39 is 11.4 Å². The van der Waals surface area contributed by atoms with Gasteiger partial charge in [0, 0.05) is 9.64 Å². The third kappa shape index (κ3) is 7.88. The maximum atomic E-state index is 11.2. The summed E-state index contributed by atoms with van der Waals surface area (Å²) in [6.45, 7) is 15.8. The van der Waals surface area contributed by atoms with Crippen LogP contribution >= 0.6 is 11.8 Å². The second-order valence-corrected chi connectivity index (χ2v) is 7.55. The Hall–Kier alpha value is -0.960. The summed E-state index contributed by atoms with van der Waals surface area (Å²) in [7, 11) is 0. The number of carboxylic acids is 1. The van der Waals surface area contributed by atoms with Gasteiger partial charge in [-0.05, 0) is 39.8 Å². The predicted molar refractivity (Wildman–Crippen MR) is 99.7 cm³/mol. The highest BCUT2D eigenvalue weighted by molar-refractivity contribution is 8.00. The van der Waals surface area contributed by atoms with Crippen molar-refractivity contribution in [3.05, 3.63) is 30.3 Å². The summed E-state index contributed by atoms with van der Waals surface area (Å²) in [6.07, 6.45) is 2.64. The van der Waals surface area contributed by atoms with Gasteiger partial charge in [-0.3, -0.25) is 4.79 Å². The molecule has 3 heteroatoms. The van der Waals surface area contributed by atoms with Crippen LogP contribution in [0.5, 0.6) is 0 Å². The van der Waals surface area contributed by atoms with Crippen LogP contribution in [-0.2, 0) is 4.79 Å². The standard InChI is InChI=1S/C13H18O2S.C4H10.C2H6/c1-12(2,11(14)15)13(3,4)16-10-8-6-5-7-9-10;1-3-4-2;1-2/h5-9H,1-4H3,(H,14,15);3-4H2,1-2H3;1-2H3. The van der Waals surface area contributed by atoms with Gasteiger partial charge in [0.15, 0.2) is 0 Å². The van der Waals surface area contributed by atoms with Crippen LogP contribution in [0, 0.1) is 5.41 Å². The van der Waals surface area contributed by atoms with E-state index in [1.54, 1.807) is 25.6 Å². The van der Waals surface area contributed by atoms with E-state index in [1.807, 2.05) is 58.0 Å². The third-order valence-electron chi connectivity index (χ3n) is 3.66. The lowest BCUT2D eigenvalue weighted by atomic mass is 9.80. The van der Waals surface area contributed by atoms with Crippen LogP contribution in [0.3, 0.4) is 0 Å². The molecule has 22 heavy (non-hydrogen) atoms. The van der Waals surface area contributed by atoms with Crippen molar-refractivity contribution < 1.29 is 9.90 Å². The zero-order valence-electron chi connectivity index (χ0n) is 15.6. The van der Waals surface area contributed by atoms with Crippen molar-refractivity contribution in [2.45, 2.75) is 77.9 Å². The molecule has 0 aliphatic rings. The average molecular weight is 327 g/mol. The molecule has 1 N–H and O–H groups in total. The van der Waals surface area contributed by atoms with Gasteiger partial charge in [-0.15, -0.1) is 11.8 Å². The summed E-state index contributed by atoms with van der Waals surface area (Å²) in [4.78, 5) is 12.3. The molecule has 2 nitrogen and oxygen atoms in total. The first-order chi connectivity index (χ1) is 10.2. The normalized spacial score (nSPS) is 10.7. The van der Waals surface area contributed by atoms with Gasteiger partial charge in [0.25, 0.3) is 0 Å². The zero-order valence-corrected chi connectivity index (χ0v) is 16.4. The number of carbonyl (C=O) groups is 1. The topological polar surface area (TPSA) is 37.3 Å². The molecule has 0 heterocycles. The average Bonchev–Trinajstić information content (AvgIpc) is 2.49. The van der Waals surface area contributed by atoms with Gasteiger partial charge in [-0.25, -0.2) is 0 Å². The smallest absolute Gasteiger partial charge is 0.310 e. The van der Waals surface area contributed by atoms with Gasteiger partial charge >= 0.3 is 5.97 Å². The quantitative estimate of drug-likeness (QED) is 0.627. The fraction of sp³-hybridized carbons (Fsp3) is 0.632. The van der Waals surface area contributed by atoms with Gasteiger partial charge in [0.2, 0.25) is 0 Å². The number of unbranched alkanes of at least 4 members (excludes halogenated alkanes) is 1. The molecule has 1 aromatic rings. The maximum absolute atomic E-state index is 11.2. The van der Waals surface area contributed by atoms with Crippen molar-refractivity contribution in [2.75, 3.05) is 0 Å². The summed E-state index contributed by atoms with van der Waals surface area (Å²) in [5, 5.41) is 9.24. The molecule has 0 atom stereocenters. The molecule has 0 spiro atoms. The Labute approximate surface area is 141 Å². The van der Waals surface area contributed by atoms with Crippen molar-refractivity contribution in [1.82, 2.24) is 0 Å². The van der Waals surface area contributed by atoms with E-state index in [1.165, 1.54) is 12.8 Å². The molecule has 0 bridgehead atoms. The summed E-state index contributed by atoms with van der Waals surface area (Å²) >= 11 is 1.60. The van der Waals surface area contributed by atoms with Gasteiger partial charge in [-0.1, -0.05) is 58.7 Å². The minimum Gasteiger partial charge on any atom is -0.481 e. The van der Waals surface area contributed by atoms with Crippen molar-refractivity contribution in [3.63, 3.8) is 0 Å². The van der Waals surface area contributed by atoms with Gasteiger partial charge in [0.1, 0.15) is 0 Å². The van der Waals surface area contributed by atoms with Crippen molar-refractivity contribution >= 4 is 17.7 Å². The molecule has 0 fully saturated rings. The Morgan fingerprint density at radius 2 is 1.41 bits per heavy atom. The van der Waals surface area contributed by atoms with Crippen molar-refractivity contribution in [1.29, 1.82) is 0 Å². The van der Waals surface area contributed by atoms with Crippen LogP contribution in [0.4, 0.5) is 0 Å².